The van der Waals surface area contributed by atoms with Gasteiger partial charge in [0.05, 0.1) is 6.04 Å². The molecule has 3 nitrogen and oxygen atoms in total. The molecule has 3 rings (SSSR count). The second kappa shape index (κ2) is 4.02. The lowest BCUT2D eigenvalue weighted by Gasteiger charge is -2.37. The minimum atomic E-state index is 0.127. The average molecular weight is 222 g/mol. The maximum Gasteiger partial charge on any atom is 0.239 e. The molecule has 1 amide bonds. The Morgan fingerprint density at radius 2 is 2.00 bits per heavy atom. The van der Waals surface area contributed by atoms with E-state index < -0.39 is 0 Å². The van der Waals surface area contributed by atoms with E-state index in [2.05, 4.69) is 17.1 Å². The van der Waals surface area contributed by atoms with Gasteiger partial charge in [0.1, 0.15) is 0 Å². The molecule has 1 N–H and O–H groups in total. The number of likely N-dealkylation sites (tertiary alicyclic amines) is 1. The molecule has 0 aromatic heterocycles. The number of carbonyl (C=O) groups excluding carboxylic acids is 1. The predicted molar refractivity (Wildman–Crippen MR) is 63.1 cm³/mol. The van der Waals surface area contributed by atoms with Gasteiger partial charge in [0.25, 0.3) is 0 Å². The van der Waals surface area contributed by atoms with Crippen molar-refractivity contribution < 1.29 is 4.79 Å². The van der Waals surface area contributed by atoms with Gasteiger partial charge >= 0.3 is 0 Å². The molecule has 3 aliphatic rings. The lowest BCUT2D eigenvalue weighted by Crippen LogP contribution is -2.54. The van der Waals surface area contributed by atoms with E-state index in [-0.39, 0.29) is 6.04 Å². The molecule has 2 aliphatic carbocycles. The fourth-order valence-corrected chi connectivity index (χ4v) is 2.83. The Bertz CT molecular complexity index is 284. The van der Waals surface area contributed by atoms with Crippen molar-refractivity contribution >= 4 is 5.91 Å². The predicted octanol–water partition coefficient (Wildman–Crippen LogP) is 1.53. The summed E-state index contributed by atoms with van der Waals surface area (Å²) in [5, 5.41) is 3.50. The normalized spacial score (nSPS) is 32.9. The highest BCUT2D eigenvalue weighted by Gasteiger charge is 2.39. The van der Waals surface area contributed by atoms with Crippen molar-refractivity contribution in [3.8, 4) is 0 Å². The Morgan fingerprint density at radius 1 is 1.25 bits per heavy atom. The number of rotatable bonds is 4. The molecule has 0 radical (unpaired) electrons. The Labute approximate surface area is 97.6 Å². The summed E-state index contributed by atoms with van der Waals surface area (Å²) in [6.45, 7) is 3.22. The fraction of sp³-hybridized carbons (Fsp3) is 0.923. The first-order valence-electron chi connectivity index (χ1n) is 6.82. The summed E-state index contributed by atoms with van der Waals surface area (Å²) in [6, 6.07) is 1.25. The molecule has 2 saturated carbocycles. The van der Waals surface area contributed by atoms with E-state index in [1.807, 2.05) is 0 Å². The van der Waals surface area contributed by atoms with Crippen molar-refractivity contribution in [2.24, 2.45) is 5.92 Å². The van der Waals surface area contributed by atoms with Crippen LogP contribution in [0.25, 0.3) is 0 Å². The van der Waals surface area contributed by atoms with Crippen LogP contribution in [-0.4, -0.2) is 35.5 Å². The van der Waals surface area contributed by atoms with Gasteiger partial charge < -0.3 is 10.2 Å². The highest BCUT2D eigenvalue weighted by molar-refractivity contribution is 5.83. The number of hydrogen-bond donors (Lipinski definition) is 1. The summed E-state index contributed by atoms with van der Waals surface area (Å²) in [7, 11) is 0. The first kappa shape index (κ1) is 10.6. The van der Waals surface area contributed by atoms with E-state index in [1.165, 1.54) is 32.1 Å². The maximum absolute atomic E-state index is 12.3. The van der Waals surface area contributed by atoms with Crippen molar-refractivity contribution in [1.82, 2.24) is 10.2 Å². The summed E-state index contributed by atoms with van der Waals surface area (Å²) in [4.78, 5) is 14.5. The second-order valence-corrected chi connectivity index (χ2v) is 5.75. The Hall–Kier alpha value is -0.570. The summed E-state index contributed by atoms with van der Waals surface area (Å²) in [5.74, 6) is 1.17. The number of piperidine rings is 1. The van der Waals surface area contributed by atoms with Crippen LogP contribution in [0.1, 0.15) is 45.4 Å². The Balaban J connectivity index is 1.61. The largest absolute Gasteiger partial charge is 0.338 e. The third kappa shape index (κ3) is 2.10. The van der Waals surface area contributed by atoms with Gasteiger partial charge in [0.2, 0.25) is 5.91 Å². The van der Waals surface area contributed by atoms with Crippen LogP contribution in [0.2, 0.25) is 0 Å². The molecule has 90 valence electrons. The Morgan fingerprint density at radius 3 is 2.62 bits per heavy atom. The number of hydrogen-bond acceptors (Lipinski definition) is 2. The zero-order valence-electron chi connectivity index (χ0n) is 10.1. The van der Waals surface area contributed by atoms with Gasteiger partial charge in [0.15, 0.2) is 0 Å². The molecule has 0 spiro atoms. The minimum Gasteiger partial charge on any atom is -0.338 e. The van der Waals surface area contributed by atoms with Gasteiger partial charge in [-0.3, -0.25) is 4.79 Å². The molecule has 3 heteroatoms. The molecule has 16 heavy (non-hydrogen) atoms. The Kier molecular flexibility index (Phi) is 2.66. The molecule has 1 aliphatic heterocycles. The number of nitrogens with zero attached hydrogens (tertiary/aromatic N) is 1. The van der Waals surface area contributed by atoms with Gasteiger partial charge in [-0.25, -0.2) is 0 Å². The van der Waals surface area contributed by atoms with Crippen LogP contribution in [0.5, 0.6) is 0 Å². The van der Waals surface area contributed by atoms with Gasteiger partial charge in [-0.2, -0.15) is 0 Å². The minimum absolute atomic E-state index is 0.127. The molecule has 1 heterocycles. The van der Waals surface area contributed by atoms with Crippen molar-refractivity contribution in [3.63, 3.8) is 0 Å². The zero-order chi connectivity index (χ0) is 11.1. The molecule has 1 saturated heterocycles. The molecule has 2 unspecified atom stereocenters. The molecular weight excluding hydrogens is 200 g/mol. The first-order chi connectivity index (χ1) is 7.75. The van der Waals surface area contributed by atoms with Crippen molar-refractivity contribution in [1.29, 1.82) is 0 Å². The van der Waals surface area contributed by atoms with Gasteiger partial charge in [-0.15, -0.1) is 0 Å². The maximum atomic E-state index is 12.3. The van der Waals surface area contributed by atoms with E-state index >= 15 is 0 Å². The quantitative estimate of drug-likeness (QED) is 0.782. The first-order valence-corrected chi connectivity index (χ1v) is 6.82. The lowest BCUT2D eigenvalue weighted by atomic mass is 10.0. The summed E-state index contributed by atoms with van der Waals surface area (Å²) in [5.41, 5.74) is 0. The molecule has 0 aromatic carbocycles. The van der Waals surface area contributed by atoms with Crippen LogP contribution in [0, 0.1) is 5.92 Å². The van der Waals surface area contributed by atoms with Crippen molar-refractivity contribution in [3.05, 3.63) is 0 Å². The molecule has 2 atom stereocenters. The van der Waals surface area contributed by atoms with Gasteiger partial charge in [-0.1, -0.05) is 0 Å². The molecule has 3 fully saturated rings. The number of amides is 1. The number of nitrogens with one attached hydrogen (secondary N) is 1. The third-order valence-corrected chi connectivity index (χ3v) is 4.28. The summed E-state index contributed by atoms with van der Waals surface area (Å²) >= 11 is 0. The molecular formula is C13H22N2O. The van der Waals surface area contributed by atoms with Crippen LogP contribution in [0.3, 0.4) is 0 Å². The van der Waals surface area contributed by atoms with Crippen LogP contribution >= 0.6 is 0 Å². The fourth-order valence-electron chi connectivity index (χ4n) is 2.83. The molecule has 0 aromatic rings. The van der Waals surface area contributed by atoms with E-state index in [0.29, 0.717) is 18.0 Å². The highest BCUT2D eigenvalue weighted by Crippen LogP contribution is 2.36. The van der Waals surface area contributed by atoms with Crippen molar-refractivity contribution in [2.45, 2.75) is 63.6 Å². The van der Waals surface area contributed by atoms with Gasteiger partial charge in [0, 0.05) is 18.6 Å². The standard InChI is InChI=1S/C13H22N2O/c1-9(10-4-5-10)15-8-2-3-12(13(15)16)14-11-6-7-11/h9-12,14H,2-8H2,1H3. The van der Waals surface area contributed by atoms with E-state index in [4.69, 9.17) is 0 Å². The van der Waals surface area contributed by atoms with Crippen LogP contribution < -0.4 is 5.32 Å². The van der Waals surface area contributed by atoms with Crippen LogP contribution in [-0.2, 0) is 4.79 Å². The SMILES string of the molecule is CC(C1CC1)N1CCCC(NC2CC2)C1=O. The van der Waals surface area contributed by atoms with Crippen LogP contribution in [0.15, 0.2) is 0 Å². The third-order valence-electron chi connectivity index (χ3n) is 4.28. The lowest BCUT2D eigenvalue weighted by molar-refractivity contribution is -0.138. The molecule has 0 bridgehead atoms. The zero-order valence-corrected chi connectivity index (χ0v) is 10.1. The smallest absolute Gasteiger partial charge is 0.239 e. The van der Waals surface area contributed by atoms with Gasteiger partial charge in [-0.05, 0) is 51.4 Å². The summed E-state index contributed by atoms with van der Waals surface area (Å²) in [6.07, 6.45) is 7.40. The van der Waals surface area contributed by atoms with E-state index in [9.17, 15) is 4.79 Å². The second-order valence-electron chi connectivity index (χ2n) is 5.75. The van der Waals surface area contributed by atoms with E-state index in [1.54, 1.807) is 0 Å². The van der Waals surface area contributed by atoms with Crippen LogP contribution in [0.4, 0.5) is 0 Å². The monoisotopic (exact) mass is 222 g/mol. The van der Waals surface area contributed by atoms with E-state index in [0.717, 1.165) is 18.9 Å². The average Bonchev–Trinajstić information content (AvgIpc) is 3.15. The number of carbonyl (C=O) groups is 1. The topological polar surface area (TPSA) is 32.3 Å². The highest BCUT2D eigenvalue weighted by atomic mass is 16.2. The van der Waals surface area contributed by atoms with Crippen molar-refractivity contribution in [2.75, 3.05) is 6.54 Å². The summed E-state index contributed by atoms with van der Waals surface area (Å²) < 4.78 is 0.